The largest absolute Gasteiger partial charge is 0.473 e. The van der Waals surface area contributed by atoms with Crippen LogP contribution in [-0.4, -0.2) is 34.2 Å². The summed E-state index contributed by atoms with van der Waals surface area (Å²) in [4.78, 5) is 17.1. The van der Waals surface area contributed by atoms with Gasteiger partial charge in [0.05, 0.1) is 17.9 Å². The average molecular weight is 377 g/mol. The third-order valence-electron chi connectivity index (χ3n) is 5.12. The van der Waals surface area contributed by atoms with Crippen molar-refractivity contribution in [3.63, 3.8) is 0 Å². The molecule has 3 aromatic rings. The molecule has 7 nitrogen and oxygen atoms in total. The highest BCUT2D eigenvalue weighted by molar-refractivity contribution is 5.86. The first-order chi connectivity index (χ1) is 13.7. The van der Waals surface area contributed by atoms with Crippen LogP contribution in [0.25, 0.3) is 11.0 Å². The molecule has 3 heterocycles. The summed E-state index contributed by atoms with van der Waals surface area (Å²) >= 11 is 0. The molecule has 1 saturated heterocycles. The van der Waals surface area contributed by atoms with Crippen molar-refractivity contribution in [2.45, 2.75) is 25.4 Å². The zero-order valence-electron chi connectivity index (χ0n) is 15.2. The highest BCUT2D eigenvalue weighted by Crippen LogP contribution is 2.29. The Kier molecular flexibility index (Phi) is 4.85. The third kappa shape index (κ3) is 3.49. The Morgan fingerprint density at radius 2 is 2.11 bits per heavy atom. The third-order valence-corrected chi connectivity index (χ3v) is 5.12. The molecule has 1 N–H and O–H groups in total. The number of piperidine rings is 1. The van der Waals surface area contributed by atoms with Crippen LogP contribution in [0.15, 0.2) is 47.1 Å². The smallest absolute Gasteiger partial charge is 0.407 e. The summed E-state index contributed by atoms with van der Waals surface area (Å²) in [6.45, 7) is 1.33. The minimum absolute atomic E-state index is 0.228. The minimum atomic E-state index is -0.866. The van der Waals surface area contributed by atoms with Gasteiger partial charge in [-0.05, 0) is 31.0 Å². The van der Waals surface area contributed by atoms with Crippen LogP contribution in [-0.2, 0) is 6.61 Å². The number of hydrogen-bond donors (Lipinski definition) is 1. The van der Waals surface area contributed by atoms with E-state index < -0.39 is 6.09 Å². The van der Waals surface area contributed by atoms with E-state index >= 15 is 0 Å². The lowest BCUT2D eigenvalue weighted by atomic mass is 9.93. The topological polar surface area (TPSA) is 99.6 Å². The lowest BCUT2D eigenvalue weighted by Gasteiger charge is -2.29. The molecular weight excluding hydrogens is 358 g/mol. The summed E-state index contributed by atoms with van der Waals surface area (Å²) in [6.07, 6.45) is 2.21. The van der Waals surface area contributed by atoms with Crippen molar-refractivity contribution in [1.82, 2.24) is 9.88 Å². The first-order valence-electron chi connectivity index (χ1n) is 9.12. The molecule has 0 aliphatic carbocycles. The van der Waals surface area contributed by atoms with E-state index in [2.05, 4.69) is 11.1 Å². The van der Waals surface area contributed by atoms with Crippen molar-refractivity contribution in [2.24, 2.45) is 0 Å². The average Bonchev–Trinajstić information content (AvgIpc) is 3.22. The molecule has 0 bridgehead atoms. The van der Waals surface area contributed by atoms with Crippen LogP contribution in [0.5, 0.6) is 5.88 Å². The molecule has 0 unspecified atom stereocenters. The number of aromatic nitrogens is 1. The SMILES string of the molecule is N#Cc1ccc(COc2cccc(C3CCN(C(=O)O)CC3)n2)c2occc12. The Morgan fingerprint density at radius 3 is 2.86 bits per heavy atom. The van der Waals surface area contributed by atoms with E-state index in [9.17, 15) is 10.1 Å². The highest BCUT2D eigenvalue weighted by Gasteiger charge is 2.24. The number of nitrogens with zero attached hydrogens (tertiary/aromatic N) is 3. The molecule has 4 rings (SSSR count). The van der Waals surface area contributed by atoms with Crippen molar-refractivity contribution < 1.29 is 19.1 Å². The van der Waals surface area contributed by atoms with Crippen molar-refractivity contribution >= 4 is 17.1 Å². The van der Waals surface area contributed by atoms with E-state index in [1.807, 2.05) is 18.2 Å². The van der Waals surface area contributed by atoms with E-state index in [-0.39, 0.29) is 12.5 Å². The van der Waals surface area contributed by atoms with Crippen molar-refractivity contribution in [1.29, 1.82) is 5.26 Å². The molecule has 1 aliphatic rings. The van der Waals surface area contributed by atoms with Gasteiger partial charge in [0.15, 0.2) is 0 Å². The molecule has 0 radical (unpaired) electrons. The van der Waals surface area contributed by atoms with Crippen LogP contribution in [0.1, 0.15) is 35.6 Å². The number of likely N-dealkylation sites (tertiary alicyclic amines) is 1. The first kappa shape index (κ1) is 17.9. The highest BCUT2D eigenvalue weighted by atomic mass is 16.5. The van der Waals surface area contributed by atoms with Crippen molar-refractivity contribution in [3.8, 4) is 11.9 Å². The van der Waals surface area contributed by atoms with Gasteiger partial charge in [0.2, 0.25) is 5.88 Å². The van der Waals surface area contributed by atoms with Crippen LogP contribution >= 0.6 is 0 Å². The zero-order valence-corrected chi connectivity index (χ0v) is 15.2. The maximum Gasteiger partial charge on any atom is 0.407 e. The minimum Gasteiger partial charge on any atom is -0.473 e. The second-order valence-corrected chi connectivity index (χ2v) is 6.78. The fourth-order valence-electron chi connectivity index (χ4n) is 3.59. The lowest BCUT2D eigenvalue weighted by molar-refractivity contribution is 0.131. The van der Waals surface area contributed by atoms with E-state index in [1.54, 1.807) is 24.5 Å². The molecule has 1 amide bonds. The fraction of sp³-hybridized carbons (Fsp3) is 0.286. The van der Waals surface area contributed by atoms with Crippen LogP contribution in [0.3, 0.4) is 0 Å². The predicted molar refractivity (Wildman–Crippen MR) is 101 cm³/mol. The van der Waals surface area contributed by atoms with Gasteiger partial charge in [-0.1, -0.05) is 12.1 Å². The molecule has 142 valence electrons. The van der Waals surface area contributed by atoms with E-state index in [0.29, 0.717) is 30.1 Å². The molecule has 1 aromatic carbocycles. The molecule has 0 atom stereocenters. The summed E-state index contributed by atoms with van der Waals surface area (Å²) in [5.41, 5.74) is 2.99. The normalized spacial score (nSPS) is 14.8. The van der Waals surface area contributed by atoms with Gasteiger partial charge in [-0.25, -0.2) is 9.78 Å². The van der Waals surface area contributed by atoms with Gasteiger partial charge in [0.1, 0.15) is 12.2 Å². The van der Waals surface area contributed by atoms with E-state index in [0.717, 1.165) is 29.5 Å². The van der Waals surface area contributed by atoms with Crippen LogP contribution in [0.2, 0.25) is 0 Å². The van der Waals surface area contributed by atoms with Gasteiger partial charge >= 0.3 is 6.09 Å². The number of carbonyl (C=O) groups is 1. The number of nitriles is 1. The number of carboxylic acid groups (broad SMARTS) is 1. The summed E-state index contributed by atoms with van der Waals surface area (Å²) < 4.78 is 11.4. The quantitative estimate of drug-likeness (QED) is 0.734. The standard InChI is InChI=1S/C21H19N3O4/c22-12-15-4-5-16(20-17(15)8-11-27-20)13-28-19-3-1-2-18(23-19)14-6-9-24(10-7-14)21(25)26/h1-5,8,11,14H,6-7,9-10,13H2,(H,25,26). The Balaban J connectivity index is 1.46. The number of fused-ring (bicyclic) bond motifs is 1. The van der Waals surface area contributed by atoms with Crippen LogP contribution in [0, 0.1) is 11.3 Å². The maximum atomic E-state index is 11.1. The molecule has 1 fully saturated rings. The second-order valence-electron chi connectivity index (χ2n) is 6.78. The van der Waals surface area contributed by atoms with E-state index in [1.165, 1.54) is 4.90 Å². The van der Waals surface area contributed by atoms with Crippen molar-refractivity contribution in [2.75, 3.05) is 13.1 Å². The van der Waals surface area contributed by atoms with Crippen LogP contribution < -0.4 is 4.74 Å². The number of ether oxygens (including phenoxy) is 1. The molecule has 28 heavy (non-hydrogen) atoms. The number of rotatable bonds is 4. The molecule has 1 aliphatic heterocycles. The summed E-state index contributed by atoms with van der Waals surface area (Å²) in [5, 5.41) is 19.0. The van der Waals surface area contributed by atoms with Gasteiger partial charge in [-0.15, -0.1) is 0 Å². The Morgan fingerprint density at radius 1 is 1.29 bits per heavy atom. The molecule has 0 saturated carbocycles. The summed E-state index contributed by atoms with van der Waals surface area (Å²) in [6, 6.07) is 13.2. The molecule has 2 aromatic heterocycles. The van der Waals surface area contributed by atoms with Gasteiger partial charge in [-0.2, -0.15) is 5.26 Å². The molecule has 0 spiro atoms. The Labute approximate surface area is 161 Å². The summed E-state index contributed by atoms with van der Waals surface area (Å²) in [5.74, 6) is 0.744. The molecular formula is C21H19N3O4. The second kappa shape index (κ2) is 7.61. The number of furan rings is 1. The molecule has 7 heteroatoms. The number of hydrogen-bond acceptors (Lipinski definition) is 5. The van der Waals surface area contributed by atoms with Gasteiger partial charge < -0.3 is 19.2 Å². The Hall–Kier alpha value is -3.53. The summed E-state index contributed by atoms with van der Waals surface area (Å²) in [7, 11) is 0. The number of amides is 1. The van der Waals surface area contributed by atoms with Gasteiger partial charge in [0, 0.05) is 41.7 Å². The predicted octanol–water partition coefficient (Wildman–Crippen LogP) is 4.14. The van der Waals surface area contributed by atoms with E-state index in [4.69, 9.17) is 14.3 Å². The Bertz CT molecular complexity index is 1050. The van der Waals surface area contributed by atoms with Gasteiger partial charge in [-0.3, -0.25) is 0 Å². The zero-order chi connectivity index (χ0) is 19.5. The van der Waals surface area contributed by atoms with Crippen LogP contribution in [0.4, 0.5) is 4.79 Å². The number of benzene rings is 1. The first-order valence-corrected chi connectivity index (χ1v) is 9.12. The number of pyridine rings is 1. The van der Waals surface area contributed by atoms with Gasteiger partial charge in [0.25, 0.3) is 0 Å². The van der Waals surface area contributed by atoms with Crippen molar-refractivity contribution in [3.05, 3.63) is 59.5 Å². The monoisotopic (exact) mass is 377 g/mol. The maximum absolute atomic E-state index is 11.1. The lowest BCUT2D eigenvalue weighted by Crippen LogP contribution is -2.36. The fourth-order valence-corrected chi connectivity index (χ4v) is 3.59.